The van der Waals surface area contributed by atoms with Gasteiger partial charge in [0.05, 0.1) is 17.4 Å². The third kappa shape index (κ3) is 5.06. The molecule has 1 heterocycles. The molecule has 0 radical (unpaired) electrons. The van der Waals surface area contributed by atoms with Gasteiger partial charge in [-0.3, -0.25) is 4.79 Å². The zero-order valence-electron chi connectivity index (χ0n) is 15.4. The minimum absolute atomic E-state index is 0.0274. The summed E-state index contributed by atoms with van der Waals surface area (Å²) in [5.74, 6) is -0.176. The summed E-state index contributed by atoms with van der Waals surface area (Å²) in [6.45, 7) is 1.33. The summed E-state index contributed by atoms with van der Waals surface area (Å²) in [5.41, 5.74) is 2.15. The number of nitriles is 1. The summed E-state index contributed by atoms with van der Waals surface area (Å²) in [6.07, 6.45) is 3.18. The Morgan fingerprint density at radius 3 is 2.25 bits per heavy atom. The molecule has 0 bridgehead atoms. The normalized spacial score (nSPS) is 15.5. The van der Waals surface area contributed by atoms with E-state index in [9.17, 15) is 13.2 Å². The van der Waals surface area contributed by atoms with Gasteiger partial charge in [-0.1, -0.05) is 42.5 Å². The molecule has 1 aliphatic rings. The van der Waals surface area contributed by atoms with Crippen LogP contribution in [0.3, 0.4) is 0 Å². The van der Waals surface area contributed by atoms with Gasteiger partial charge in [-0.05, 0) is 29.3 Å². The van der Waals surface area contributed by atoms with E-state index in [0.717, 1.165) is 11.1 Å². The van der Waals surface area contributed by atoms with Crippen LogP contribution in [0.4, 0.5) is 0 Å². The number of hydrogen-bond acceptors (Lipinski definition) is 4. The number of nitrogens with zero attached hydrogens (tertiary/aromatic N) is 3. The summed E-state index contributed by atoms with van der Waals surface area (Å²) in [6, 6.07) is 18.1. The highest BCUT2D eigenvalue weighted by atomic mass is 32.2. The molecule has 1 aliphatic heterocycles. The van der Waals surface area contributed by atoms with Crippen molar-refractivity contribution in [3.63, 3.8) is 0 Å². The molecule has 1 saturated heterocycles. The molecular weight excluding hydrogens is 374 g/mol. The molecule has 0 spiro atoms. The van der Waals surface area contributed by atoms with E-state index >= 15 is 0 Å². The topological polar surface area (TPSA) is 81.5 Å². The van der Waals surface area contributed by atoms with Crippen LogP contribution in [0, 0.1) is 11.3 Å². The molecule has 2 aromatic rings. The molecular formula is C21H21N3O3S. The van der Waals surface area contributed by atoms with E-state index in [1.54, 1.807) is 47.4 Å². The fourth-order valence-corrected chi connectivity index (χ4v) is 4.52. The highest BCUT2D eigenvalue weighted by Crippen LogP contribution is 2.14. The van der Waals surface area contributed by atoms with E-state index in [4.69, 9.17) is 5.26 Å². The molecule has 6 nitrogen and oxygen atoms in total. The van der Waals surface area contributed by atoms with Gasteiger partial charge in [0.15, 0.2) is 0 Å². The number of sulfonamides is 1. The van der Waals surface area contributed by atoms with Crippen molar-refractivity contribution in [3.8, 4) is 6.07 Å². The van der Waals surface area contributed by atoms with Crippen LogP contribution in [-0.4, -0.2) is 49.7 Å². The second kappa shape index (κ2) is 8.83. The smallest absolute Gasteiger partial charge is 0.246 e. The molecule has 1 fully saturated rings. The summed E-state index contributed by atoms with van der Waals surface area (Å²) >= 11 is 0. The Bertz CT molecular complexity index is 985. The predicted octanol–water partition coefficient (Wildman–Crippen LogP) is 2.25. The van der Waals surface area contributed by atoms with Crippen LogP contribution in [-0.2, 0) is 20.6 Å². The van der Waals surface area contributed by atoms with E-state index < -0.39 is 10.0 Å². The average Bonchev–Trinajstić information content (AvgIpc) is 2.73. The second-order valence-electron chi connectivity index (χ2n) is 6.53. The summed E-state index contributed by atoms with van der Waals surface area (Å²) in [5, 5.41) is 8.80. The summed E-state index contributed by atoms with van der Waals surface area (Å²) in [7, 11) is -3.40. The third-order valence-electron chi connectivity index (χ3n) is 4.59. The Morgan fingerprint density at radius 2 is 1.64 bits per heavy atom. The van der Waals surface area contributed by atoms with Crippen molar-refractivity contribution in [2.45, 2.75) is 5.75 Å². The first-order chi connectivity index (χ1) is 13.5. The molecule has 0 atom stereocenters. The molecule has 1 amide bonds. The zero-order valence-corrected chi connectivity index (χ0v) is 16.2. The van der Waals surface area contributed by atoms with Crippen LogP contribution >= 0.6 is 0 Å². The maximum atomic E-state index is 12.6. The van der Waals surface area contributed by atoms with Crippen LogP contribution < -0.4 is 0 Å². The number of rotatable bonds is 5. The van der Waals surface area contributed by atoms with Gasteiger partial charge in [0.2, 0.25) is 15.9 Å². The number of hydrogen-bond donors (Lipinski definition) is 0. The van der Waals surface area contributed by atoms with Gasteiger partial charge in [0.25, 0.3) is 0 Å². The lowest BCUT2D eigenvalue weighted by Crippen LogP contribution is -2.50. The second-order valence-corrected chi connectivity index (χ2v) is 8.50. The lowest BCUT2D eigenvalue weighted by molar-refractivity contribution is -0.127. The maximum absolute atomic E-state index is 12.6. The van der Waals surface area contributed by atoms with Gasteiger partial charge < -0.3 is 4.90 Å². The van der Waals surface area contributed by atoms with Gasteiger partial charge in [0.1, 0.15) is 0 Å². The first-order valence-corrected chi connectivity index (χ1v) is 10.6. The van der Waals surface area contributed by atoms with Crippen molar-refractivity contribution >= 4 is 22.0 Å². The quantitative estimate of drug-likeness (QED) is 0.727. The number of amides is 1. The third-order valence-corrected chi connectivity index (χ3v) is 6.44. The SMILES string of the molecule is N#Cc1ccc(/C=C/C(=O)N2CCN(S(=O)(=O)Cc3ccccc3)CC2)cc1. The Balaban J connectivity index is 1.54. The predicted molar refractivity (Wildman–Crippen MR) is 107 cm³/mol. The van der Waals surface area contributed by atoms with Gasteiger partial charge in [-0.25, -0.2) is 8.42 Å². The lowest BCUT2D eigenvalue weighted by Gasteiger charge is -2.33. The van der Waals surface area contributed by atoms with Crippen molar-refractivity contribution in [1.82, 2.24) is 9.21 Å². The van der Waals surface area contributed by atoms with E-state index in [1.165, 1.54) is 10.4 Å². The first-order valence-electron chi connectivity index (χ1n) is 8.97. The fourth-order valence-electron chi connectivity index (χ4n) is 3.00. The number of carbonyl (C=O) groups excluding carboxylic acids is 1. The van der Waals surface area contributed by atoms with Crippen LogP contribution in [0.2, 0.25) is 0 Å². The van der Waals surface area contributed by atoms with E-state index in [-0.39, 0.29) is 11.7 Å². The standard InChI is InChI=1S/C21H21N3O3S/c22-16-19-8-6-18(7-9-19)10-11-21(25)23-12-14-24(15-13-23)28(26,27)17-20-4-2-1-3-5-20/h1-11H,12-15,17H2/b11-10+. The molecule has 0 aromatic heterocycles. The van der Waals surface area contributed by atoms with Crippen molar-refractivity contribution in [2.24, 2.45) is 0 Å². The summed E-state index contributed by atoms with van der Waals surface area (Å²) < 4.78 is 26.6. The average molecular weight is 395 g/mol. The van der Waals surface area contributed by atoms with Crippen LogP contribution in [0.5, 0.6) is 0 Å². The van der Waals surface area contributed by atoms with E-state index in [2.05, 4.69) is 0 Å². The zero-order chi connectivity index (χ0) is 20.0. The van der Waals surface area contributed by atoms with Gasteiger partial charge in [0, 0.05) is 32.3 Å². The van der Waals surface area contributed by atoms with Crippen LogP contribution in [0.1, 0.15) is 16.7 Å². The van der Waals surface area contributed by atoms with E-state index in [0.29, 0.717) is 31.7 Å². The van der Waals surface area contributed by atoms with Gasteiger partial charge in [-0.15, -0.1) is 0 Å². The Labute approximate surface area is 165 Å². The molecule has 0 N–H and O–H groups in total. The molecule has 144 valence electrons. The number of benzene rings is 2. The number of carbonyl (C=O) groups is 1. The maximum Gasteiger partial charge on any atom is 0.246 e. The van der Waals surface area contributed by atoms with Crippen molar-refractivity contribution in [1.29, 1.82) is 5.26 Å². The van der Waals surface area contributed by atoms with Crippen molar-refractivity contribution in [3.05, 3.63) is 77.4 Å². The fraction of sp³-hybridized carbons (Fsp3) is 0.238. The Kier molecular flexibility index (Phi) is 6.24. The highest BCUT2D eigenvalue weighted by molar-refractivity contribution is 7.88. The highest BCUT2D eigenvalue weighted by Gasteiger charge is 2.28. The Morgan fingerprint density at radius 1 is 1.00 bits per heavy atom. The first kappa shape index (κ1) is 19.8. The molecule has 7 heteroatoms. The molecule has 0 saturated carbocycles. The minimum atomic E-state index is -3.40. The molecule has 3 rings (SSSR count). The van der Waals surface area contributed by atoms with Crippen molar-refractivity contribution < 1.29 is 13.2 Å². The van der Waals surface area contributed by atoms with Crippen molar-refractivity contribution in [2.75, 3.05) is 26.2 Å². The minimum Gasteiger partial charge on any atom is -0.337 e. The monoisotopic (exact) mass is 395 g/mol. The van der Waals surface area contributed by atoms with Crippen LogP contribution in [0.15, 0.2) is 60.7 Å². The van der Waals surface area contributed by atoms with Gasteiger partial charge in [-0.2, -0.15) is 9.57 Å². The molecule has 0 aliphatic carbocycles. The summed E-state index contributed by atoms with van der Waals surface area (Å²) in [4.78, 5) is 14.0. The molecule has 28 heavy (non-hydrogen) atoms. The number of piperazine rings is 1. The van der Waals surface area contributed by atoms with E-state index in [1.807, 2.05) is 24.3 Å². The Hall–Kier alpha value is -2.95. The van der Waals surface area contributed by atoms with Crippen LogP contribution in [0.25, 0.3) is 6.08 Å². The largest absolute Gasteiger partial charge is 0.337 e. The molecule has 0 unspecified atom stereocenters. The van der Waals surface area contributed by atoms with Gasteiger partial charge >= 0.3 is 0 Å². The lowest BCUT2D eigenvalue weighted by atomic mass is 10.1. The molecule has 2 aromatic carbocycles.